The lowest BCUT2D eigenvalue weighted by molar-refractivity contribution is -0.147. The van der Waals surface area contributed by atoms with Crippen molar-refractivity contribution in [3.05, 3.63) is 70.8 Å². The summed E-state index contributed by atoms with van der Waals surface area (Å²) in [5.74, 6) is -3.08. The molecule has 0 atom stereocenters. The number of nitrogens with zero attached hydrogens (tertiary/aromatic N) is 2. The molecular formula is C19H15F2N3O4. The van der Waals surface area contributed by atoms with Gasteiger partial charge < -0.3 is 10.1 Å². The van der Waals surface area contributed by atoms with Crippen molar-refractivity contribution < 1.29 is 23.1 Å². The van der Waals surface area contributed by atoms with Gasteiger partial charge in [-0.1, -0.05) is 12.1 Å². The number of carbonyl (C=O) groups excluding carboxylic acids is 2. The van der Waals surface area contributed by atoms with Gasteiger partial charge >= 0.3 is 5.97 Å². The van der Waals surface area contributed by atoms with Gasteiger partial charge in [0.1, 0.15) is 11.6 Å². The van der Waals surface area contributed by atoms with E-state index in [1.165, 1.54) is 10.9 Å². The Morgan fingerprint density at radius 2 is 1.93 bits per heavy atom. The molecule has 0 saturated carbocycles. The largest absolute Gasteiger partial charge is 0.456 e. The second-order valence-electron chi connectivity index (χ2n) is 5.84. The molecule has 0 fully saturated rings. The first-order valence-corrected chi connectivity index (χ1v) is 8.29. The fraction of sp³-hybridized carbons (Fsp3) is 0.158. The molecule has 0 radical (unpaired) electrons. The Morgan fingerprint density at radius 1 is 1.14 bits per heavy atom. The van der Waals surface area contributed by atoms with Crippen molar-refractivity contribution in [2.75, 3.05) is 11.9 Å². The van der Waals surface area contributed by atoms with Crippen molar-refractivity contribution >= 4 is 28.5 Å². The van der Waals surface area contributed by atoms with Gasteiger partial charge in [-0.05, 0) is 24.3 Å². The number of amides is 1. The Kier molecular flexibility index (Phi) is 5.73. The summed E-state index contributed by atoms with van der Waals surface area (Å²) in [6.07, 6.45) is 1.17. The predicted molar refractivity (Wildman–Crippen MR) is 96.6 cm³/mol. The lowest BCUT2D eigenvalue weighted by Crippen LogP contribution is -2.24. The quantitative estimate of drug-likeness (QED) is 0.655. The highest BCUT2D eigenvalue weighted by Crippen LogP contribution is 2.15. The molecule has 7 nitrogen and oxygen atoms in total. The van der Waals surface area contributed by atoms with Crippen LogP contribution in [0.5, 0.6) is 0 Å². The summed E-state index contributed by atoms with van der Waals surface area (Å²) in [7, 11) is 0. The fourth-order valence-corrected chi connectivity index (χ4v) is 2.47. The first-order valence-electron chi connectivity index (χ1n) is 8.29. The van der Waals surface area contributed by atoms with E-state index in [0.29, 0.717) is 10.9 Å². The van der Waals surface area contributed by atoms with Crippen molar-refractivity contribution in [1.29, 1.82) is 0 Å². The van der Waals surface area contributed by atoms with Crippen LogP contribution in [0, 0.1) is 11.6 Å². The molecule has 28 heavy (non-hydrogen) atoms. The van der Waals surface area contributed by atoms with Gasteiger partial charge in [0.25, 0.3) is 11.5 Å². The van der Waals surface area contributed by atoms with Crippen molar-refractivity contribution in [2.45, 2.75) is 13.0 Å². The molecule has 0 bridgehead atoms. The number of halogens is 2. The van der Waals surface area contributed by atoms with Gasteiger partial charge in [0.05, 0.1) is 29.3 Å². The summed E-state index contributed by atoms with van der Waals surface area (Å²) in [5.41, 5.74) is -0.0971. The SMILES string of the molecule is O=C(COC(=O)CCn1cnc2ccccc2c1=O)Nc1cc(F)ccc1F. The number of carbonyl (C=O) groups is 2. The molecule has 0 aliphatic rings. The van der Waals surface area contributed by atoms with E-state index in [1.807, 2.05) is 0 Å². The first-order chi connectivity index (χ1) is 13.4. The van der Waals surface area contributed by atoms with Gasteiger partial charge in [-0.2, -0.15) is 0 Å². The molecule has 9 heteroatoms. The van der Waals surface area contributed by atoms with E-state index in [9.17, 15) is 23.2 Å². The molecule has 1 heterocycles. The number of fused-ring (bicyclic) bond motifs is 1. The maximum atomic E-state index is 13.5. The summed E-state index contributed by atoms with van der Waals surface area (Å²) in [6, 6.07) is 9.40. The van der Waals surface area contributed by atoms with E-state index in [0.717, 1.165) is 18.2 Å². The smallest absolute Gasteiger partial charge is 0.308 e. The average molecular weight is 387 g/mol. The molecule has 3 aromatic rings. The Labute approximate surface area is 157 Å². The van der Waals surface area contributed by atoms with Gasteiger partial charge in [0, 0.05) is 12.6 Å². The molecule has 2 aromatic carbocycles. The Balaban J connectivity index is 1.52. The summed E-state index contributed by atoms with van der Waals surface area (Å²) in [6.45, 7) is -0.644. The Hall–Kier alpha value is -3.62. The number of para-hydroxylation sites is 1. The standard InChI is InChI=1S/C19H15F2N3O4/c20-12-5-6-14(21)16(9-12)23-17(25)10-28-18(26)7-8-24-11-22-15-4-2-1-3-13(15)19(24)27/h1-6,9,11H,7-8,10H2,(H,23,25). The van der Waals surface area contributed by atoms with E-state index < -0.39 is 30.1 Å². The maximum absolute atomic E-state index is 13.5. The number of benzene rings is 2. The van der Waals surface area contributed by atoms with Crippen LogP contribution in [0.2, 0.25) is 0 Å². The number of hydrogen-bond acceptors (Lipinski definition) is 5. The molecule has 0 aliphatic carbocycles. The van der Waals surface area contributed by atoms with Gasteiger partial charge in [0.15, 0.2) is 6.61 Å². The highest BCUT2D eigenvalue weighted by Gasteiger charge is 2.12. The van der Waals surface area contributed by atoms with Gasteiger partial charge in [-0.3, -0.25) is 19.0 Å². The number of anilines is 1. The van der Waals surface area contributed by atoms with E-state index in [-0.39, 0.29) is 24.2 Å². The molecule has 1 amide bonds. The molecule has 0 saturated heterocycles. The maximum Gasteiger partial charge on any atom is 0.308 e. The molecule has 0 aliphatic heterocycles. The molecule has 0 spiro atoms. The third kappa shape index (κ3) is 4.56. The number of hydrogen-bond donors (Lipinski definition) is 1. The number of aryl methyl sites for hydroxylation is 1. The lowest BCUT2D eigenvalue weighted by atomic mass is 10.2. The van der Waals surface area contributed by atoms with Crippen molar-refractivity contribution in [3.63, 3.8) is 0 Å². The third-order valence-electron chi connectivity index (χ3n) is 3.86. The minimum atomic E-state index is -0.817. The summed E-state index contributed by atoms with van der Waals surface area (Å²) < 4.78 is 32.6. The molecule has 1 N–H and O–H groups in total. The van der Waals surface area contributed by atoms with Crippen molar-refractivity contribution in [2.24, 2.45) is 0 Å². The van der Waals surface area contributed by atoms with Crippen LogP contribution >= 0.6 is 0 Å². The van der Waals surface area contributed by atoms with Gasteiger partial charge in [0.2, 0.25) is 0 Å². The summed E-state index contributed by atoms with van der Waals surface area (Å²) in [4.78, 5) is 40.0. The van der Waals surface area contributed by atoms with Crippen LogP contribution in [-0.2, 0) is 20.9 Å². The van der Waals surface area contributed by atoms with E-state index in [2.05, 4.69) is 10.3 Å². The molecule has 144 valence electrons. The Bertz CT molecular complexity index is 1100. The normalized spacial score (nSPS) is 10.6. The van der Waals surface area contributed by atoms with Crippen LogP contribution in [0.1, 0.15) is 6.42 Å². The molecule has 0 unspecified atom stereocenters. The van der Waals surface area contributed by atoms with Crippen LogP contribution in [0.4, 0.5) is 14.5 Å². The molecular weight excluding hydrogens is 372 g/mol. The Morgan fingerprint density at radius 3 is 2.75 bits per heavy atom. The zero-order valence-corrected chi connectivity index (χ0v) is 14.5. The monoisotopic (exact) mass is 387 g/mol. The summed E-state index contributed by atoms with van der Waals surface area (Å²) in [5, 5.41) is 2.54. The van der Waals surface area contributed by atoms with E-state index in [4.69, 9.17) is 4.74 Å². The zero-order chi connectivity index (χ0) is 20.1. The minimum absolute atomic E-state index is 0.0235. The van der Waals surface area contributed by atoms with Crippen LogP contribution in [0.15, 0.2) is 53.6 Å². The average Bonchev–Trinajstić information content (AvgIpc) is 2.69. The lowest BCUT2D eigenvalue weighted by Gasteiger charge is -2.08. The van der Waals surface area contributed by atoms with E-state index >= 15 is 0 Å². The van der Waals surface area contributed by atoms with Crippen LogP contribution in [-0.4, -0.2) is 28.0 Å². The number of rotatable bonds is 6. The van der Waals surface area contributed by atoms with Gasteiger partial charge in [-0.25, -0.2) is 13.8 Å². The van der Waals surface area contributed by atoms with Crippen molar-refractivity contribution in [3.8, 4) is 0 Å². The number of nitrogens with one attached hydrogen (secondary N) is 1. The van der Waals surface area contributed by atoms with Crippen LogP contribution in [0.25, 0.3) is 10.9 Å². The first kappa shape index (κ1) is 19.2. The third-order valence-corrected chi connectivity index (χ3v) is 3.86. The fourth-order valence-electron chi connectivity index (χ4n) is 2.47. The highest BCUT2D eigenvalue weighted by atomic mass is 19.1. The second kappa shape index (κ2) is 8.38. The molecule has 3 rings (SSSR count). The predicted octanol–water partition coefficient (Wildman–Crippen LogP) is 2.25. The van der Waals surface area contributed by atoms with Crippen LogP contribution in [0.3, 0.4) is 0 Å². The number of esters is 1. The molecule has 1 aromatic heterocycles. The number of aromatic nitrogens is 2. The van der Waals surface area contributed by atoms with E-state index in [1.54, 1.807) is 24.3 Å². The summed E-state index contributed by atoms with van der Waals surface area (Å²) >= 11 is 0. The zero-order valence-electron chi connectivity index (χ0n) is 14.5. The minimum Gasteiger partial charge on any atom is -0.456 e. The van der Waals surface area contributed by atoms with Gasteiger partial charge in [-0.15, -0.1) is 0 Å². The van der Waals surface area contributed by atoms with Crippen molar-refractivity contribution in [1.82, 2.24) is 9.55 Å². The topological polar surface area (TPSA) is 90.3 Å². The highest BCUT2D eigenvalue weighted by molar-refractivity contribution is 5.92. The van der Waals surface area contributed by atoms with Crippen LogP contribution < -0.4 is 10.9 Å². The second-order valence-corrected chi connectivity index (χ2v) is 5.84. The number of ether oxygens (including phenoxy) is 1.